The van der Waals surface area contributed by atoms with E-state index in [-0.39, 0.29) is 12.5 Å². The number of ether oxygens (including phenoxy) is 1. The molecular weight excluding hydrogens is 208 g/mol. The number of carbonyl (C=O) groups excluding carboxylic acids is 1. The molecule has 0 unspecified atom stereocenters. The third-order valence-corrected chi connectivity index (χ3v) is 1.91. The average Bonchev–Trinajstić information content (AvgIpc) is 2.30. The fraction of sp³-hybridized carbons (Fsp3) is 0.455. The zero-order chi connectivity index (χ0) is 11.8. The highest BCUT2D eigenvalue weighted by molar-refractivity contribution is 5.93. The summed E-state index contributed by atoms with van der Waals surface area (Å²) in [6.07, 6.45) is 2.02. The molecule has 0 aromatic carbocycles. The molecule has 1 aromatic rings. The Morgan fingerprint density at radius 3 is 2.94 bits per heavy atom. The number of nitrogens with one attached hydrogen (secondary N) is 1. The lowest BCUT2D eigenvalue weighted by Gasteiger charge is -2.05. The topological polar surface area (TPSA) is 71.5 Å². The highest BCUT2D eigenvalue weighted by Gasteiger charge is 2.05. The Hall–Kier alpha value is -1.62. The van der Waals surface area contributed by atoms with Crippen LogP contribution >= 0.6 is 0 Å². The van der Waals surface area contributed by atoms with E-state index in [1.165, 1.54) is 6.20 Å². The van der Waals surface area contributed by atoms with Crippen LogP contribution in [0.25, 0.3) is 0 Å². The largest absolute Gasteiger partial charge is 0.478 e. The Balaban J connectivity index is 2.49. The van der Waals surface area contributed by atoms with Gasteiger partial charge in [0, 0.05) is 25.4 Å². The highest BCUT2D eigenvalue weighted by Crippen LogP contribution is 2.07. The van der Waals surface area contributed by atoms with Crippen LogP contribution in [0.15, 0.2) is 18.3 Å². The van der Waals surface area contributed by atoms with E-state index in [0.717, 1.165) is 0 Å². The first-order valence-electron chi connectivity index (χ1n) is 5.25. The van der Waals surface area contributed by atoms with Crippen molar-refractivity contribution in [2.45, 2.75) is 13.3 Å². The number of pyridine rings is 1. The van der Waals surface area contributed by atoms with E-state index < -0.39 is 0 Å². The standard InChI is InChI=1S/C11H16N2O3/c1-2-16-10-5-4-9(8-13-10)11(15)12-6-3-7-14/h4-5,8,14H,2-3,6-7H2,1H3,(H,12,15). The fourth-order valence-electron chi connectivity index (χ4n) is 1.13. The lowest BCUT2D eigenvalue weighted by Crippen LogP contribution is -2.25. The van der Waals surface area contributed by atoms with Crippen molar-refractivity contribution < 1.29 is 14.6 Å². The summed E-state index contributed by atoms with van der Waals surface area (Å²) in [4.78, 5) is 15.5. The Labute approximate surface area is 94.5 Å². The number of amides is 1. The van der Waals surface area contributed by atoms with Crippen molar-refractivity contribution in [1.29, 1.82) is 0 Å². The van der Waals surface area contributed by atoms with E-state index in [1.54, 1.807) is 12.1 Å². The number of hydrogen-bond acceptors (Lipinski definition) is 4. The number of aliphatic hydroxyl groups excluding tert-OH is 1. The second kappa shape index (κ2) is 6.79. The molecule has 0 bridgehead atoms. The van der Waals surface area contributed by atoms with E-state index in [0.29, 0.717) is 31.0 Å². The van der Waals surface area contributed by atoms with Crippen molar-refractivity contribution >= 4 is 5.91 Å². The molecule has 0 aliphatic rings. The van der Waals surface area contributed by atoms with Crippen LogP contribution < -0.4 is 10.1 Å². The Morgan fingerprint density at radius 1 is 1.56 bits per heavy atom. The van der Waals surface area contributed by atoms with Gasteiger partial charge < -0.3 is 15.2 Å². The van der Waals surface area contributed by atoms with Gasteiger partial charge in [-0.1, -0.05) is 0 Å². The normalized spacial score (nSPS) is 9.88. The zero-order valence-corrected chi connectivity index (χ0v) is 9.27. The minimum Gasteiger partial charge on any atom is -0.478 e. The highest BCUT2D eigenvalue weighted by atomic mass is 16.5. The molecule has 0 aliphatic heterocycles. The van der Waals surface area contributed by atoms with Gasteiger partial charge in [0.05, 0.1) is 12.2 Å². The summed E-state index contributed by atoms with van der Waals surface area (Å²) in [7, 11) is 0. The Bertz CT molecular complexity index is 325. The van der Waals surface area contributed by atoms with E-state index in [4.69, 9.17) is 9.84 Å². The third-order valence-electron chi connectivity index (χ3n) is 1.91. The molecule has 1 rings (SSSR count). The first-order chi connectivity index (χ1) is 7.77. The summed E-state index contributed by atoms with van der Waals surface area (Å²) in [6, 6.07) is 3.32. The summed E-state index contributed by atoms with van der Waals surface area (Å²) in [5.74, 6) is 0.318. The summed E-state index contributed by atoms with van der Waals surface area (Å²) >= 11 is 0. The van der Waals surface area contributed by atoms with Gasteiger partial charge in [-0.3, -0.25) is 4.79 Å². The number of rotatable bonds is 6. The molecule has 5 nitrogen and oxygen atoms in total. The quantitative estimate of drug-likeness (QED) is 0.694. The molecule has 1 heterocycles. The van der Waals surface area contributed by atoms with Crippen LogP contribution in [0.1, 0.15) is 23.7 Å². The third kappa shape index (κ3) is 3.86. The summed E-state index contributed by atoms with van der Waals surface area (Å²) in [5, 5.41) is 11.2. The maximum Gasteiger partial charge on any atom is 0.252 e. The predicted octanol–water partition coefficient (Wildman–Crippen LogP) is 0.592. The summed E-state index contributed by atoms with van der Waals surface area (Å²) < 4.78 is 5.16. The van der Waals surface area contributed by atoms with Crippen LogP contribution in [-0.2, 0) is 0 Å². The maximum absolute atomic E-state index is 11.5. The van der Waals surface area contributed by atoms with Crippen LogP contribution in [-0.4, -0.2) is 35.8 Å². The first kappa shape index (κ1) is 12.4. The van der Waals surface area contributed by atoms with Gasteiger partial charge in [-0.25, -0.2) is 4.98 Å². The molecule has 1 amide bonds. The van der Waals surface area contributed by atoms with E-state index >= 15 is 0 Å². The molecule has 0 radical (unpaired) electrons. The lowest BCUT2D eigenvalue weighted by atomic mass is 10.2. The average molecular weight is 224 g/mol. The molecule has 0 atom stereocenters. The van der Waals surface area contributed by atoms with Crippen LogP contribution in [0.2, 0.25) is 0 Å². The van der Waals surface area contributed by atoms with Crippen LogP contribution in [0.4, 0.5) is 0 Å². The maximum atomic E-state index is 11.5. The van der Waals surface area contributed by atoms with Gasteiger partial charge >= 0.3 is 0 Å². The van der Waals surface area contributed by atoms with Crippen molar-refractivity contribution in [2.75, 3.05) is 19.8 Å². The van der Waals surface area contributed by atoms with E-state index in [9.17, 15) is 4.79 Å². The number of hydrogen-bond donors (Lipinski definition) is 2. The molecule has 1 aromatic heterocycles. The summed E-state index contributed by atoms with van der Waals surface area (Å²) in [5.41, 5.74) is 0.487. The molecule has 5 heteroatoms. The second-order valence-electron chi connectivity index (χ2n) is 3.15. The number of aliphatic hydroxyl groups is 1. The molecule has 0 fully saturated rings. The molecule has 0 aliphatic carbocycles. The predicted molar refractivity (Wildman–Crippen MR) is 59.4 cm³/mol. The lowest BCUT2D eigenvalue weighted by molar-refractivity contribution is 0.0950. The van der Waals surface area contributed by atoms with Crippen molar-refractivity contribution in [3.63, 3.8) is 0 Å². The van der Waals surface area contributed by atoms with Crippen molar-refractivity contribution in [1.82, 2.24) is 10.3 Å². The summed E-state index contributed by atoms with van der Waals surface area (Å²) in [6.45, 7) is 2.95. The van der Waals surface area contributed by atoms with Crippen LogP contribution in [0, 0.1) is 0 Å². The number of carbonyl (C=O) groups is 1. The monoisotopic (exact) mass is 224 g/mol. The van der Waals surface area contributed by atoms with Crippen LogP contribution in [0.3, 0.4) is 0 Å². The number of nitrogens with zero attached hydrogens (tertiary/aromatic N) is 1. The molecule has 16 heavy (non-hydrogen) atoms. The van der Waals surface area contributed by atoms with Gasteiger partial charge in [-0.15, -0.1) is 0 Å². The van der Waals surface area contributed by atoms with Gasteiger partial charge in [0.2, 0.25) is 5.88 Å². The molecule has 0 spiro atoms. The Morgan fingerprint density at radius 2 is 2.38 bits per heavy atom. The smallest absolute Gasteiger partial charge is 0.252 e. The van der Waals surface area contributed by atoms with Crippen LogP contribution in [0.5, 0.6) is 5.88 Å². The minimum atomic E-state index is -0.191. The molecule has 2 N–H and O–H groups in total. The fourth-order valence-corrected chi connectivity index (χ4v) is 1.13. The van der Waals surface area contributed by atoms with Gasteiger partial charge in [0.1, 0.15) is 0 Å². The van der Waals surface area contributed by atoms with Gasteiger partial charge in [0.15, 0.2) is 0 Å². The Kier molecular flexibility index (Phi) is 5.28. The van der Waals surface area contributed by atoms with E-state index in [2.05, 4.69) is 10.3 Å². The van der Waals surface area contributed by atoms with Gasteiger partial charge in [-0.05, 0) is 19.4 Å². The van der Waals surface area contributed by atoms with Crippen molar-refractivity contribution in [3.05, 3.63) is 23.9 Å². The number of aromatic nitrogens is 1. The zero-order valence-electron chi connectivity index (χ0n) is 9.27. The molecule has 88 valence electrons. The molecule has 0 saturated carbocycles. The van der Waals surface area contributed by atoms with Gasteiger partial charge in [-0.2, -0.15) is 0 Å². The minimum absolute atomic E-state index is 0.0712. The van der Waals surface area contributed by atoms with Crippen molar-refractivity contribution in [2.24, 2.45) is 0 Å². The first-order valence-corrected chi connectivity index (χ1v) is 5.25. The van der Waals surface area contributed by atoms with Crippen molar-refractivity contribution in [3.8, 4) is 5.88 Å². The van der Waals surface area contributed by atoms with Gasteiger partial charge in [0.25, 0.3) is 5.91 Å². The van der Waals surface area contributed by atoms with E-state index in [1.807, 2.05) is 6.92 Å². The second-order valence-corrected chi connectivity index (χ2v) is 3.15. The molecular formula is C11H16N2O3. The molecule has 0 saturated heterocycles. The SMILES string of the molecule is CCOc1ccc(C(=O)NCCCO)cn1.